The van der Waals surface area contributed by atoms with Crippen LogP contribution < -0.4 is 15.0 Å². The molecule has 1 aliphatic heterocycles. The first-order valence-corrected chi connectivity index (χ1v) is 8.10. The van der Waals surface area contributed by atoms with Crippen LogP contribution in [0.3, 0.4) is 0 Å². The van der Waals surface area contributed by atoms with Crippen LogP contribution in [0.4, 0.5) is 11.4 Å². The van der Waals surface area contributed by atoms with Crippen LogP contribution in [0.15, 0.2) is 54.6 Å². The SMILES string of the molecule is O=C(COc1ccccc1)Nc1ccc(N2CCCCC2=O)cc1. The van der Waals surface area contributed by atoms with Gasteiger partial charge in [0, 0.05) is 24.3 Å². The van der Waals surface area contributed by atoms with Crippen molar-refractivity contribution < 1.29 is 14.3 Å². The average molecular weight is 324 g/mol. The Morgan fingerprint density at radius 1 is 1.04 bits per heavy atom. The molecule has 0 unspecified atom stereocenters. The number of rotatable bonds is 5. The molecule has 0 saturated carbocycles. The summed E-state index contributed by atoms with van der Waals surface area (Å²) in [6.45, 7) is 0.714. The van der Waals surface area contributed by atoms with E-state index in [0.717, 1.165) is 25.1 Å². The van der Waals surface area contributed by atoms with Crippen molar-refractivity contribution in [2.24, 2.45) is 0 Å². The highest BCUT2D eigenvalue weighted by Crippen LogP contribution is 2.22. The molecule has 2 amide bonds. The first-order valence-electron chi connectivity index (χ1n) is 8.10. The Morgan fingerprint density at radius 3 is 2.50 bits per heavy atom. The predicted molar refractivity (Wildman–Crippen MR) is 93.2 cm³/mol. The van der Waals surface area contributed by atoms with Crippen LogP contribution in [0.25, 0.3) is 0 Å². The molecule has 1 saturated heterocycles. The minimum atomic E-state index is -0.222. The molecule has 0 bridgehead atoms. The molecule has 0 radical (unpaired) electrons. The second-order valence-electron chi connectivity index (χ2n) is 5.70. The molecule has 24 heavy (non-hydrogen) atoms. The van der Waals surface area contributed by atoms with E-state index in [1.165, 1.54) is 0 Å². The highest BCUT2D eigenvalue weighted by Gasteiger charge is 2.19. The lowest BCUT2D eigenvalue weighted by molar-refractivity contribution is -0.119. The second kappa shape index (κ2) is 7.64. The largest absolute Gasteiger partial charge is 0.484 e. The lowest BCUT2D eigenvalue weighted by atomic mass is 10.1. The minimum absolute atomic E-state index is 0.0453. The third kappa shape index (κ3) is 4.13. The zero-order valence-corrected chi connectivity index (χ0v) is 13.4. The average Bonchev–Trinajstić information content (AvgIpc) is 2.62. The monoisotopic (exact) mass is 324 g/mol. The van der Waals surface area contributed by atoms with Gasteiger partial charge in [-0.25, -0.2) is 0 Å². The number of hydrogen-bond acceptors (Lipinski definition) is 3. The maximum absolute atomic E-state index is 11.9. The molecule has 1 fully saturated rings. The Balaban J connectivity index is 1.54. The zero-order valence-electron chi connectivity index (χ0n) is 13.4. The first-order chi connectivity index (χ1) is 11.7. The van der Waals surface area contributed by atoms with Crippen molar-refractivity contribution in [3.63, 3.8) is 0 Å². The normalized spacial score (nSPS) is 14.3. The van der Waals surface area contributed by atoms with Crippen LogP contribution in [-0.2, 0) is 9.59 Å². The second-order valence-corrected chi connectivity index (χ2v) is 5.70. The van der Waals surface area contributed by atoms with Gasteiger partial charge in [0.15, 0.2) is 6.61 Å². The minimum Gasteiger partial charge on any atom is -0.484 e. The van der Waals surface area contributed by atoms with Gasteiger partial charge in [0.05, 0.1) is 0 Å². The smallest absolute Gasteiger partial charge is 0.262 e. The third-order valence-corrected chi connectivity index (χ3v) is 3.90. The fraction of sp³-hybridized carbons (Fsp3) is 0.263. The zero-order chi connectivity index (χ0) is 16.8. The van der Waals surface area contributed by atoms with E-state index in [4.69, 9.17) is 4.74 Å². The molecular formula is C19H20N2O3. The van der Waals surface area contributed by atoms with E-state index in [1.807, 2.05) is 30.3 Å². The number of nitrogens with one attached hydrogen (secondary N) is 1. The van der Waals surface area contributed by atoms with Crippen molar-refractivity contribution in [2.45, 2.75) is 19.3 Å². The van der Waals surface area contributed by atoms with Gasteiger partial charge in [-0.3, -0.25) is 9.59 Å². The van der Waals surface area contributed by atoms with Crippen molar-refractivity contribution in [1.82, 2.24) is 0 Å². The molecule has 1 aliphatic rings. The summed E-state index contributed by atoms with van der Waals surface area (Å²) in [5.41, 5.74) is 1.56. The summed E-state index contributed by atoms with van der Waals surface area (Å²) in [4.78, 5) is 25.6. The fourth-order valence-corrected chi connectivity index (χ4v) is 2.67. The van der Waals surface area contributed by atoms with Crippen LogP contribution in [0, 0.1) is 0 Å². The van der Waals surface area contributed by atoms with E-state index in [0.29, 0.717) is 17.9 Å². The Morgan fingerprint density at radius 2 is 1.79 bits per heavy atom. The van der Waals surface area contributed by atoms with Crippen molar-refractivity contribution in [2.75, 3.05) is 23.4 Å². The molecule has 1 heterocycles. The summed E-state index contributed by atoms with van der Waals surface area (Å²) < 4.78 is 5.41. The molecule has 5 heteroatoms. The number of para-hydroxylation sites is 1. The fourth-order valence-electron chi connectivity index (χ4n) is 2.67. The Bertz CT molecular complexity index is 698. The van der Waals surface area contributed by atoms with E-state index >= 15 is 0 Å². The van der Waals surface area contributed by atoms with Crippen LogP contribution in [0.1, 0.15) is 19.3 Å². The summed E-state index contributed by atoms with van der Waals surface area (Å²) in [6, 6.07) is 16.5. The molecule has 2 aromatic rings. The van der Waals surface area contributed by atoms with Gasteiger partial charge in [0.25, 0.3) is 5.91 Å². The van der Waals surface area contributed by atoms with Crippen molar-refractivity contribution in [3.8, 4) is 5.75 Å². The molecule has 124 valence electrons. The Labute approximate surface area is 141 Å². The van der Waals surface area contributed by atoms with Crippen LogP contribution in [0.5, 0.6) is 5.75 Å². The number of piperidine rings is 1. The van der Waals surface area contributed by atoms with Crippen LogP contribution in [-0.4, -0.2) is 25.0 Å². The molecule has 2 aromatic carbocycles. The number of carbonyl (C=O) groups excluding carboxylic acids is 2. The molecule has 0 aliphatic carbocycles. The Hall–Kier alpha value is -2.82. The lowest BCUT2D eigenvalue weighted by Crippen LogP contribution is -2.35. The number of carbonyl (C=O) groups is 2. The quantitative estimate of drug-likeness (QED) is 0.918. The van der Waals surface area contributed by atoms with Gasteiger partial charge < -0.3 is 15.0 Å². The van der Waals surface area contributed by atoms with Crippen molar-refractivity contribution in [3.05, 3.63) is 54.6 Å². The third-order valence-electron chi connectivity index (χ3n) is 3.90. The molecular weight excluding hydrogens is 304 g/mol. The topological polar surface area (TPSA) is 58.6 Å². The van der Waals surface area contributed by atoms with Crippen LogP contribution in [0.2, 0.25) is 0 Å². The Kier molecular flexibility index (Phi) is 5.11. The van der Waals surface area contributed by atoms with Gasteiger partial charge in [-0.1, -0.05) is 18.2 Å². The van der Waals surface area contributed by atoms with Crippen molar-refractivity contribution in [1.29, 1.82) is 0 Å². The number of ether oxygens (including phenoxy) is 1. The van der Waals surface area contributed by atoms with Gasteiger partial charge in [-0.15, -0.1) is 0 Å². The van der Waals surface area contributed by atoms with Crippen LogP contribution >= 0.6 is 0 Å². The molecule has 1 N–H and O–H groups in total. The summed E-state index contributed by atoms with van der Waals surface area (Å²) in [5, 5.41) is 2.79. The van der Waals surface area contributed by atoms with E-state index < -0.39 is 0 Å². The number of benzene rings is 2. The first kappa shape index (κ1) is 16.1. The number of hydrogen-bond donors (Lipinski definition) is 1. The highest BCUT2D eigenvalue weighted by molar-refractivity contribution is 5.95. The predicted octanol–water partition coefficient (Wildman–Crippen LogP) is 3.22. The number of nitrogens with zero attached hydrogens (tertiary/aromatic N) is 1. The van der Waals surface area contributed by atoms with Gasteiger partial charge in [0.2, 0.25) is 5.91 Å². The van der Waals surface area contributed by atoms with E-state index in [2.05, 4.69) is 5.32 Å². The molecule has 0 spiro atoms. The summed E-state index contributed by atoms with van der Waals surface area (Å²) in [7, 11) is 0. The van der Waals surface area contributed by atoms with E-state index in [-0.39, 0.29) is 18.4 Å². The number of amides is 2. The molecule has 3 rings (SSSR count). The molecule has 0 aromatic heterocycles. The highest BCUT2D eigenvalue weighted by atomic mass is 16.5. The maximum atomic E-state index is 11.9. The van der Waals surface area contributed by atoms with Gasteiger partial charge in [-0.2, -0.15) is 0 Å². The lowest BCUT2D eigenvalue weighted by Gasteiger charge is -2.26. The summed E-state index contributed by atoms with van der Waals surface area (Å²) in [5.74, 6) is 0.599. The summed E-state index contributed by atoms with van der Waals surface area (Å²) >= 11 is 0. The standard InChI is InChI=1S/C19H20N2O3/c22-18(14-24-17-6-2-1-3-7-17)20-15-9-11-16(12-10-15)21-13-5-4-8-19(21)23/h1-3,6-7,9-12H,4-5,8,13-14H2,(H,20,22). The summed E-state index contributed by atoms with van der Waals surface area (Å²) in [6.07, 6.45) is 2.60. The van der Waals surface area contributed by atoms with Gasteiger partial charge in [-0.05, 0) is 49.2 Å². The van der Waals surface area contributed by atoms with E-state index in [9.17, 15) is 9.59 Å². The van der Waals surface area contributed by atoms with Crippen molar-refractivity contribution >= 4 is 23.2 Å². The van der Waals surface area contributed by atoms with E-state index in [1.54, 1.807) is 29.2 Å². The number of anilines is 2. The van der Waals surface area contributed by atoms with Gasteiger partial charge in [0.1, 0.15) is 5.75 Å². The molecule has 0 atom stereocenters. The molecule has 5 nitrogen and oxygen atoms in total. The maximum Gasteiger partial charge on any atom is 0.262 e. The van der Waals surface area contributed by atoms with Gasteiger partial charge >= 0.3 is 0 Å².